The zero-order valence-corrected chi connectivity index (χ0v) is 11.3. The smallest absolute Gasteiger partial charge is 0.0738 e. The van der Waals surface area contributed by atoms with Gasteiger partial charge in [0.2, 0.25) is 0 Å². The summed E-state index contributed by atoms with van der Waals surface area (Å²) in [6, 6.07) is 10.2. The highest BCUT2D eigenvalue weighted by Crippen LogP contribution is 2.22. The number of aryl methyl sites for hydroxylation is 1. The van der Waals surface area contributed by atoms with Crippen molar-refractivity contribution in [2.45, 2.75) is 19.9 Å². The lowest BCUT2D eigenvalue weighted by atomic mass is 10.2. The Labute approximate surface area is 109 Å². The Hall–Kier alpha value is -1.13. The van der Waals surface area contributed by atoms with Gasteiger partial charge in [-0.1, -0.05) is 30.3 Å². The van der Waals surface area contributed by atoms with Crippen LogP contribution >= 0.6 is 15.9 Å². The van der Waals surface area contributed by atoms with Crippen LogP contribution in [0.2, 0.25) is 0 Å². The molecule has 1 heterocycles. The summed E-state index contributed by atoms with van der Waals surface area (Å²) >= 11 is 3.52. The van der Waals surface area contributed by atoms with Crippen LogP contribution in [0, 0.1) is 6.92 Å². The van der Waals surface area contributed by atoms with Crippen molar-refractivity contribution in [3.05, 3.63) is 51.8 Å². The predicted octanol–water partition coefficient (Wildman–Crippen LogP) is 2.54. The van der Waals surface area contributed by atoms with Crippen LogP contribution in [0.4, 0.5) is 0 Å². The molecular weight excluding hydrogens is 280 g/mol. The van der Waals surface area contributed by atoms with Crippen molar-refractivity contribution in [2.24, 2.45) is 0 Å². The summed E-state index contributed by atoms with van der Waals surface area (Å²) in [5.74, 6) is 0. The molecule has 0 saturated carbocycles. The highest BCUT2D eigenvalue weighted by atomic mass is 79.9. The van der Waals surface area contributed by atoms with E-state index in [-0.39, 0.29) is 6.61 Å². The topological polar surface area (TPSA) is 38.0 Å². The average molecular weight is 295 g/mol. The van der Waals surface area contributed by atoms with Gasteiger partial charge in [0.15, 0.2) is 0 Å². The summed E-state index contributed by atoms with van der Waals surface area (Å²) in [6.45, 7) is 2.84. The first-order valence-corrected chi connectivity index (χ1v) is 6.38. The van der Waals surface area contributed by atoms with E-state index in [1.165, 1.54) is 5.56 Å². The molecule has 0 atom stereocenters. The number of hydrogen-bond donors (Lipinski definition) is 1. The van der Waals surface area contributed by atoms with Gasteiger partial charge in [-0.2, -0.15) is 5.10 Å². The van der Waals surface area contributed by atoms with Crippen LogP contribution in [-0.2, 0) is 13.0 Å². The third kappa shape index (κ3) is 2.76. The molecule has 0 fully saturated rings. The predicted molar refractivity (Wildman–Crippen MR) is 71.0 cm³/mol. The minimum atomic E-state index is 0.137. The molecule has 2 aromatic rings. The standard InChI is InChI=1S/C13H15BrN2O/c1-10-13(14)12(7-8-17)16(15-10)9-11-5-3-2-4-6-11/h2-6,17H,7-9H2,1H3. The molecule has 90 valence electrons. The number of halogens is 1. The maximum Gasteiger partial charge on any atom is 0.0738 e. The van der Waals surface area contributed by atoms with E-state index < -0.39 is 0 Å². The van der Waals surface area contributed by atoms with E-state index in [1.54, 1.807) is 0 Å². The van der Waals surface area contributed by atoms with Crippen molar-refractivity contribution < 1.29 is 5.11 Å². The van der Waals surface area contributed by atoms with Crippen LogP contribution in [0.1, 0.15) is 17.0 Å². The third-order valence-electron chi connectivity index (χ3n) is 2.68. The lowest BCUT2D eigenvalue weighted by Crippen LogP contribution is -2.08. The second-order valence-electron chi connectivity index (χ2n) is 3.96. The van der Waals surface area contributed by atoms with Gasteiger partial charge in [0.25, 0.3) is 0 Å². The van der Waals surface area contributed by atoms with Gasteiger partial charge in [-0.15, -0.1) is 0 Å². The minimum Gasteiger partial charge on any atom is -0.396 e. The highest BCUT2D eigenvalue weighted by Gasteiger charge is 2.12. The molecule has 3 nitrogen and oxygen atoms in total. The number of nitrogens with zero attached hydrogens (tertiary/aromatic N) is 2. The molecule has 0 spiro atoms. The Bertz CT molecular complexity index is 494. The number of benzene rings is 1. The summed E-state index contributed by atoms with van der Waals surface area (Å²) in [5, 5.41) is 13.6. The normalized spacial score (nSPS) is 10.8. The first kappa shape index (κ1) is 12.3. The quantitative estimate of drug-likeness (QED) is 0.941. The molecule has 4 heteroatoms. The first-order valence-electron chi connectivity index (χ1n) is 5.59. The van der Waals surface area contributed by atoms with Crippen LogP contribution < -0.4 is 0 Å². The van der Waals surface area contributed by atoms with Crippen LogP contribution in [-0.4, -0.2) is 21.5 Å². The third-order valence-corrected chi connectivity index (χ3v) is 3.71. The summed E-state index contributed by atoms with van der Waals surface area (Å²) in [5.41, 5.74) is 3.22. The van der Waals surface area contributed by atoms with E-state index in [1.807, 2.05) is 29.8 Å². The fourth-order valence-electron chi connectivity index (χ4n) is 1.84. The zero-order valence-electron chi connectivity index (χ0n) is 9.73. The van der Waals surface area contributed by atoms with E-state index in [0.717, 1.165) is 22.4 Å². The molecular formula is C13H15BrN2O. The van der Waals surface area contributed by atoms with Gasteiger partial charge >= 0.3 is 0 Å². The maximum absolute atomic E-state index is 9.08. The van der Waals surface area contributed by atoms with Crippen molar-refractivity contribution in [1.82, 2.24) is 9.78 Å². The molecule has 1 aromatic carbocycles. The number of rotatable bonds is 4. The van der Waals surface area contributed by atoms with Crippen molar-refractivity contribution in [3.63, 3.8) is 0 Å². The average Bonchev–Trinajstić information content (AvgIpc) is 2.59. The molecule has 0 saturated heterocycles. The molecule has 1 aromatic heterocycles. The first-order chi connectivity index (χ1) is 8.22. The van der Waals surface area contributed by atoms with Crippen LogP contribution in [0.15, 0.2) is 34.8 Å². The van der Waals surface area contributed by atoms with Gasteiger partial charge in [0.1, 0.15) is 0 Å². The fourth-order valence-corrected chi connectivity index (χ4v) is 2.32. The largest absolute Gasteiger partial charge is 0.396 e. The van der Waals surface area contributed by atoms with E-state index in [0.29, 0.717) is 6.42 Å². The van der Waals surface area contributed by atoms with Crippen LogP contribution in [0.5, 0.6) is 0 Å². The lowest BCUT2D eigenvalue weighted by molar-refractivity contribution is 0.295. The summed E-state index contributed by atoms with van der Waals surface area (Å²) in [4.78, 5) is 0. The Balaban J connectivity index is 2.29. The summed E-state index contributed by atoms with van der Waals surface area (Å²) < 4.78 is 2.95. The van der Waals surface area contributed by atoms with Crippen LogP contribution in [0.25, 0.3) is 0 Å². The minimum absolute atomic E-state index is 0.137. The molecule has 1 N–H and O–H groups in total. The second kappa shape index (κ2) is 5.47. The van der Waals surface area contributed by atoms with Crippen molar-refractivity contribution in [3.8, 4) is 0 Å². The molecule has 17 heavy (non-hydrogen) atoms. The van der Waals surface area contributed by atoms with Gasteiger partial charge in [-0.25, -0.2) is 0 Å². The van der Waals surface area contributed by atoms with Gasteiger partial charge in [0.05, 0.1) is 22.4 Å². The van der Waals surface area contributed by atoms with E-state index in [2.05, 4.69) is 33.2 Å². The van der Waals surface area contributed by atoms with Gasteiger partial charge in [0, 0.05) is 13.0 Å². The van der Waals surface area contributed by atoms with E-state index in [4.69, 9.17) is 5.11 Å². The molecule has 0 amide bonds. The molecule has 0 unspecified atom stereocenters. The number of aromatic nitrogens is 2. The van der Waals surface area contributed by atoms with Crippen molar-refractivity contribution in [1.29, 1.82) is 0 Å². The zero-order chi connectivity index (χ0) is 12.3. The number of aliphatic hydroxyl groups is 1. The van der Waals surface area contributed by atoms with Crippen molar-refractivity contribution >= 4 is 15.9 Å². The maximum atomic E-state index is 9.08. The van der Waals surface area contributed by atoms with Gasteiger partial charge in [-0.05, 0) is 28.4 Å². The Morgan fingerprint density at radius 1 is 1.29 bits per heavy atom. The van der Waals surface area contributed by atoms with Crippen molar-refractivity contribution in [2.75, 3.05) is 6.61 Å². The molecule has 0 aliphatic rings. The Morgan fingerprint density at radius 3 is 2.65 bits per heavy atom. The summed E-state index contributed by atoms with van der Waals surface area (Å²) in [7, 11) is 0. The molecule has 0 radical (unpaired) electrons. The number of hydrogen-bond acceptors (Lipinski definition) is 2. The van der Waals surface area contributed by atoms with E-state index >= 15 is 0 Å². The van der Waals surface area contributed by atoms with Crippen LogP contribution in [0.3, 0.4) is 0 Å². The molecule has 0 bridgehead atoms. The second-order valence-corrected chi connectivity index (χ2v) is 4.76. The lowest BCUT2D eigenvalue weighted by Gasteiger charge is -2.06. The van der Waals surface area contributed by atoms with E-state index in [9.17, 15) is 0 Å². The van der Waals surface area contributed by atoms with Gasteiger partial charge < -0.3 is 5.11 Å². The monoisotopic (exact) mass is 294 g/mol. The molecule has 0 aliphatic carbocycles. The Kier molecular flexibility index (Phi) is 3.97. The highest BCUT2D eigenvalue weighted by molar-refractivity contribution is 9.10. The fraction of sp³-hybridized carbons (Fsp3) is 0.308. The van der Waals surface area contributed by atoms with Gasteiger partial charge in [-0.3, -0.25) is 4.68 Å². The number of aliphatic hydroxyl groups excluding tert-OH is 1. The summed E-state index contributed by atoms with van der Waals surface area (Å²) in [6.07, 6.45) is 0.619. The Morgan fingerprint density at radius 2 is 2.00 bits per heavy atom. The SMILES string of the molecule is Cc1nn(Cc2ccccc2)c(CCO)c1Br. The molecule has 2 rings (SSSR count). The molecule has 0 aliphatic heterocycles.